The number of hydrogen-bond donors (Lipinski definition) is 2. The summed E-state index contributed by atoms with van der Waals surface area (Å²) in [5, 5.41) is 8.37. The summed E-state index contributed by atoms with van der Waals surface area (Å²) in [5.74, 6) is 0.960. The van der Waals surface area contributed by atoms with Crippen molar-refractivity contribution in [3.05, 3.63) is 46.0 Å². The highest BCUT2D eigenvalue weighted by Gasteiger charge is 2.13. The van der Waals surface area contributed by atoms with Crippen LogP contribution in [0.5, 0.6) is 0 Å². The fourth-order valence-electron chi connectivity index (χ4n) is 2.90. The topological polar surface area (TPSA) is 88.4 Å². The number of halogens is 2. The van der Waals surface area contributed by atoms with Crippen molar-refractivity contribution < 1.29 is 8.42 Å². The Kier molecular flexibility index (Phi) is 7.50. The van der Waals surface area contributed by atoms with Crippen molar-refractivity contribution >= 4 is 49.0 Å². The van der Waals surface area contributed by atoms with E-state index >= 15 is 0 Å². The van der Waals surface area contributed by atoms with Gasteiger partial charge in [0.25, 0.3) is 0 Å². The van der Waals surface area contributed by atoms with Crippen molar-refractivity contribution in [3.8, 4) is 11.3 Å². The van der Waals surface area contributed by atoms with Crippen LogP contribution in [0.1, 0.15) is 26.2 Å². The average Bonchev–Trinajstić information content (AvgIpc) is 3.06. The van der Waals surface area contributed by atoms with Crippen molar-refractivity contribution in [2.75, 3.05) is 24.2 Å². The molecule has 0 radical (unpaired) electrons. The zero-order valence-corrected chi connectivity index (χ0v) is 19.2. The minimum Gasteiger partial charge on any atom is -0.370 e. The number of nitrogens with one attached hydrogen (secondary N) is 2. The van der Waals surface area contributed by atoms with Crippen LogP contribution in [-0.4, -0.2) is 41.9 Å². The number of aromatic nitrogens is 3. The molecule has 3 rings (SSSR count). The lowest BCUT2D eigenvalue weighted by Gasteiger charge is -2.12. The van der Waals surface area contributed by atoms with Crippen molar-refractivity contribution in [3.63, 3.8) is 0 Å². The number of benzene rings is 1. The van der Waals surface area contributed by atoms with E-state index in [1.54, 1.807) is 10.7 Å². The Morgan fingerprint density at radius 3 is 2.72 bits per heavy atom. The van der Waals surface area contributed by atoms with Gasteiger partial charge in [0.05, 0.1) is 22.1 Å². The van der Waals surface area contributed by atoms with Crippen LogP contribution in [0, 0.1) is 0 Å². The lowest BCUT2D eigenvalue weighted by Crippen LogP contribution is -2.27. The quantitative estimate of drug-likeness (QED) is 0.404. The Morgan fingerprint density at radius 1 is 1.21 bits per heavy atom. The molecule has 29 heavy (non-hydrogen) atoms. The number of fused-ring (bicyclic) bond motifs is 1. The van der Waals surface area contributed by atoms with Gasteiger partial charge in [-0.25, -0.2) is 18.1 Å². The molecule has 2 N–H and O–H groups in total. The molecule has 0 saturated carbocycles. The minimum absolute atomic E-state index is 0.166. The maximum absolute atomic E-state index is 11.7. The van der Waals surface area contributed by atoms with Crippen LogP contribution >= 0.6 is 27.5 Å². The lowest BCUT2D eigenvalue weighted by atomic mass is 10.1. The highest BCUT2D eigenvalue weighted by molar-refractivity contribution is 9.10. The van der Waals surface area contributed by atoms with Crippen molar-refractivity contribution in [2.45, 2.75) is 26.2 Å². The van der Waals surface area contributed by atoms with Gasteiger partial charge in [-0.2, -0.15) is 9.61 Å². The van der Waals surface area contributed by atoms with E-state index in [1.807, 2.05) is 37.3 Å². The molecule has 0 amide bonds. The lowest BCUT2D eigenvalue weighted by molar-refractivity contribution is 0.576. The summed E-state index contributed by atoms with van der Waals surface area (Å²) in [5.41, 5.74) is 2.29. The van der Waals surface area contributed by atoms with E-state index in [4.69, 9.17) is 11.6 Å². The van der Waals surface area contributed by atoms with Gasteiger partial charge in [-0.1, -0.05) is 36.7 Å². The van der Waals surface area contributed by atoms with Crippen molar-refractivity contribution in [1.29, 1.82) is 0 Å². The second-order valence-corrected chi connectivity index (χ2v) is 9.77. The molecule has 0 spiro atoms. The Morgan fingerprint density at radius 2 is 1.97 bits per heavy atom. The predicted octanol–water partition coefficient (Wildman–Crippen LogP) is 4.33. The molecule has 10 heteroatoms. The van der Waals surface area contributed by atoms with E-state index in [2.05, 4.69) is 36.1 Å². The number of anilines is 1. The van der Waals surface area contributed by atoms with Gasteiger partial charge in [0.2, 0.25) is 10.0 Å². The molecule has 7 nitrogen and oxygen atoms in total. The highest BCUT2D eigenvalue weighted by Crippen LogP contribution is 2.30. The summed E-state index contributed by atoms with van der Waals surface area (Å²) in [6.07, 6.45) is 3.86. The third kappa shape index (κ3) is 5.69. The van der Waals surface area contributed by atoms with Crippen LogP contribution < -0.4 is 10.0 Å². The van der Waals surface area contributed by atoms with Gasteiger partial charge in [0.1, 0.15) is 5.82 Å². The first-order valence-electron chi connectivity index (χ1n) is 9.41. The fourth-order valence-corrected chi connectivity index (χ4v) is 4.62. The highest BCUT2D eigenvalue weighted by atomic mass is 79.9. The Balaban J connectivity index is 1.68. The second-order valence-electron chi connectivity index (χ2n) is 6.58. The van der Waals surface area contributed by atoms with Gasteiger partial charge in [-0.05, 0) is 41.3 Å². The first-order valence-corrected chi connectivity index (χ1v) is 12.2. The first-order chi connectivity index (χ1) is 13.9. The van der Waals surface area contributed by atoms with E-state index in [0.717, 1.165) is 34.4 Å². The van der Waals surface area contributed by atoms with Gasteiger partial charge in [-0.15, -0.1) is 0 Å². The van der Waals surface area contributed by atoms with E-state index in [0.29, 0.717) is 30.2 Å². The van der Waals surface area contributed by atoms with E-state index in [1.165, 1.54) is 0 Å². The van der Waals surface area contributed by atoms with Gasteiger partial charge in [-0.3, -0.25) is 0 Å². The van der Waals surface area contributed by atoms with Crippen LogP contribution in [-0.2, 0) is 10.0 Å². The number of unbranched alkanes of at least 4 members (excludes halogenated alkanes) is 1. The molecule has 1 aromatic carbocycles. The summed E-state index contributed by atoms with van der Waals surface area (Å²) in [7, 11) is -3.15. The van der Waals surface area contributed by atoms with Crippen molar-refractivity contribution in [1.82, 2.24) is 19.3 Å². The molecular formula is C19H23BrClN5O2S. The molecule has 2 heterocycles. The maximum Gasteiger partial charge on any atom is 0.211 e. The summed E-state index contributed by atoms with van der Waals surface area (Å²) in [4.78, 5) is 4.68. The number of rotatable bonds is 10. The molecule has 3 aromatic rings. The molecule has 0 aliphatic heterocycles. The van der Waals surface area contributed by atoms with E-state index < -0.39 is 10.0 Å². The fraction of sp³-hybridized carbons (Fsp3) is 0.368. The first kappa shape index (κ1) is 22.0. The Hall–Kier alpha value is -1.68. The normalized spacial score (nSPS) is 11.8. The molecule has 0 fully saturated rings. The molecule has 0 aliphatic carbocycles. The number of sulfonamides is 1. The van der Waals surface area contributed by atoms with Gasteiger partial charge in [0, 0.05) is 29.7 Å². The molecule has 156 valence electrons. The molecule has 2 aromatic heterocycles. The molecule has 0 saturated heterocycles. The van der Waals surface area contributed by atoms with Gasteiger partial charge < -0.3 is 5.32 Å². The van der Waals surface area contributed by atoms with E-state index in [9.17, 15) is 8.42 Å². The van der Waals surface area contributed by atoms with Gasteiger partial charge in [0.15, 0.2) is 5.65 Å². The van der Waals surface area contributed by atoms with E-state index in [-0.39, 0.29) is 5.75 Å². The van der Waals surface area contributed by atoms with Gasteiger partial charge >= 0.3 is 0 Å². The zero-order chi connectivity index (χ0) is 20.9. The third-order valence-electron chi connectivity index (χ3n) is 4.28. The Bertz CT molecular complexity index is 1090. The van der Waals surface area contributed by atoms with Crippen molar-refractivity contribution in [2.24, 2.45) is 0 Å². The van der Waals surface area contributed by atoms with Crippen LogP contribution in [0.4, 0.5) is 5.82 Å². The third-order valence-corrected chi connectivity index (χ3v) is 6.76. The smallest absolute Gasteiger partial charge is 0.211 e. The SMILES string of the molecule is CCCS(=O)(=O)NCCCCNc1cc(-c2ccccc2Cl)nc2c(Br)cnn12. The summed E-state index contributed by atoms with van der Waals surface area (Å²) < 4.78 is 28.5. The average molecular weight is 501 g/mol. The predicted molar refractivity (Wildman–Crippen MR) is 121 cm³/mol. The van der Waals surface area contributed by atoms with Crippen LogP contribution in [0.3, 0.4) is 0 Å². The second kappa shape index (κ2) is 9.88. The number of nitrogens with zero attached hydrogens (tertiary/aromatic N) is 3. The number of hydrogen-bond acceptors (Lipinski definition) is 5. The van der Waals surface area contributed by atoms with Crippen LogP contribution in [0.25, 0.3) is 16.9 Å². The van der Waals surface area contributed by atoms with Crippen LogP contribution in [0.2, 0.25) is 5.02 Å². The summed E-state index contributed by atoms with van der Waals surface area (Å²) >= 11 is 9.83. The largest absolute Gasteiger partial charge is 0.370 e. The molecule has 0 unspecified atom stereocenters. The monoisotopic (exact) mass is 499 g/mol. The molecule has 0 aliphatic rings. The minimum atomic E-state index is -3.15. The summed E-state index contributed by atoms with van der Waals surface area (Å²) in [6.45, 7) is 2.96. The molecular weight excluding hydrogens is 478 g/mol. The molecule has 0 bridgehead atoms. The molecule has 0 atom stereocenters. The Labute approximate surface area is 184 Å². The zero-order valence-electron chi connectivity index (χ0n) is 16.0. The standard InChI is InChI=1S/C19H23BrClN5O2S/c1-2-11-29(27,28)24-10-6-5-9-22-18-12-17(14-7-3-4-8-16(14)21)25-19-15(20)13-23-26(18)19/h3-4,7-8,12-13,22,24H,2,5-6,9-11H2,1H3. The van der Waals surface area contributed by atoms with Crippen LogP contribution in [0.15, 0.2) is 41.0 Å². The maximum atomic E-state index is 11.7. The summed E-state index contributed by atoms with van der Waals surface area (Å²) in [6, 6.07) is 9.48.